The van der Waals surface area contributed by atoms with E-state index < -0.39 is 0 Å². The summed E-state index contributed by atoms with van der Waals surface area (Å²) in [5.41, 5.74) is 6.87. The second-order valence-electron chi connectivity index (χ2n) is 4.98. The largest absolute Gasteiger partial charge is 0.468 e. The Kier molecular flexibility index (Phi) is 4.63. The molecule has 2 rings (SSSR count). The average molecular weight is 236 g/mol. The van der Waals surface area contributed by atoms with Gasteiger partial charge in [-0.05, 0) is 31.9 Å². The lowest BCUT2D eigenvalue weighted by Gasteiger charge is -2.35. The number of nitrogens with zero attached hydrogens (tertiary/aromatic N) is 1. The van der Waals surface area contributed by atoms with Crippen LogP contribution in [-0.4, -0.2) is 17.5 Å². The van der Waals surface area contributed by atoms with Gasteiger partial charge in [-0.15, -0.1) is 0 Å². The molecule has 2 heterocycles. The molecule has 1 unspecified atom stereocenters. The topological polar surface area (TPSA) is 42.4 Å². The Bertz CT molecular complexity index is 333. The van der Waals surface area contributed by atoms with Crippen molar-refractivity contribution < 1.29 is 4.42 Å². The molecule has 17 heavy (non-hydrogen) atoms. The van der Waals surface area contributed by atoms with Gasteiger partial charge >= 0.3 is 0 Å². The zero-order chi connectivity index (χ0) is 12.1. The Morgan fingerprint density at radius 3 is 3.12 bits per heavy atom. The fraction of sp³-hybridized carbons (Fsp3) is 0.714. The van der Waals surface area contributed by atoms with Crippen LogP contribution >= 0.6 is 0 Å². The summed E-state index contributed by atoms with van der Waals surface area (Å²) in [6.45, 7) is 4.99. The van der Waals surface area contributed by atoms with Crippen molar-refractivity contribution in [3.8, 4) is 0 Å². The first kappa shape index (κ1) is 12.7. The molecule has 1 aliphatic heterocycles. The van der Waals surface area contributed by atoms with E-state index in [0.29, 0.717) is 6.54 Å². The molecule has 1 atom stereocenters. The number of piperidine rings is 1. The van der Waals surface area contributed by atoms with Gasteiger partial charge in [0, 0.05) is 18.2 Å². The summed E-state index contributed by atoms with van der Waals surface area (Å²) in [5, 5.41) is 0. The smallest absolute Gasteiger partial charge is 0.122 e. The average Bonchev–Trinajstić information content (AvgIpc) is 2.79. The van der Waals surface area contributed by atoms with E-state index in [9.17, 15) is 0 Å². The van der Waals surface area contributed by atoms with Gasteiger partial charge in [-0.25, -0.2) is 0 Å². The van der Waals surface area contributed by atoms with Crippen molar-refractivity contribution in [2.75, 3.05) is 6.54 Å². The number of nitrogens with two attached hydrogens (primary N) is 1. The highest BCUT2D eigenvalue weighted by Gasteiger charge is 2.23. The molecule has 0 spiro atoms. The molecule has 0 aliphatic carbocycles. The summed E-state index contributed by atoms with van der Waals surface area (Å²) in [5.74, 6) is 1.07. The highest BCUT2D eigenvalue weighted by molar-refractivity contribution is 5.16. The highest BCUT2D eigenvalue weighted by atomic mass is 16.3. The SMILES string of the molecule is CCCC1CCCCN1Cc1occc1CN. The van der Waals surface area contributed by atoms with Gasteiger partial charge < -0.3 is 10.2 Å². The van der Waals surface area contributed by atoms with Crippen molar-refractivity contribution in [2.45, 2.75) is 58.2 Å². The molecule has 3 heteroatoms. The minimum Gasteiger partial charge on any atom is -0.468 e. The fourth-order valence-corrected chi connectivity index (χ4v) is 2.80. The standard InChI is InChI=1S/C14H24N2O/c1-2-5-13-6-3-4-8-16(13)11-14-12(10-15)7-9-17-14/h7,9,13H,2-6,8,10-11,15H2,1H3. The van der Waals surface area contributed by atoms with E-state index in [1.807, 2.05) is 6.07 Å². The third-order valence-electron chi connectivity index (χ3n) is 3.78. The van der Waals surface area contributed by atoms with Crippen LogP contribution in [0, 0.1) is 0 Å². The van der Waals surface area contributed by atoms with Crippen LogP contribution < -0.4 is 5.73 Å². The predicted octanol–water partition coefficient (Wildman–Crippen LogP) is 2.89. The first-order valence-electron chi connectivity index (χ1n) is 6.84. The molecule has 1 aliphatic rings. The lowest BCUT2D eigenvalue weighted by atomic mass is 9.98. The van der Waals surface area contributed by atoms with Gasteiger partial charge in [-0.2, -0.15) is 0 Å². The first-order valence-corrected chi connectivity index (χ1v) is 6.84. The molecular weight excluding hydrogens is 212 g/mol. The minimum atomic E-state index is 0.581. The first-order chi connectivity index (χ1) is 8.35. The van der Waals surface area contributed by atoms with Gasteiger partial charge in [0.25, 0.3) is 0 Å². The Morgan fingerprint density at radius 2 is 2.35 bits per heavy atom. The number of furan rings is 1. The van der Waals surface area contributed by atoms with E-state index in [0.717, 1.165) is 23.9 Å². The molecule has 0 bridgehead atoms. The Labute approximate surface area is 104 Å². The molecule has 96 valence electrons. The molecule has 1 saturated heterocycles. The van der Waals surface area contributed by atoms with Crippen molar-refractivity contribution in [1.82, 2.24) is 4.90 Å². The fourth-order valence-electron chi connectivity index (χ4n) is 2.80. The molecule has 1 fully saturated rings. The van der Waals surface area contributed by atoms with Gasteiger partial charge in [0.05, 0.1) is 12.8 Å². The molecule has 0 amide bonds. The number of likely N-dealkylation sites (tertiary alicyclic amines) is 1. The molecular formula is C14H24N2O. The lowest BCUT2D eigenvalue weighted by molar-refractivity contribution is 0.122. The third-order valence-corrected chi connectivity index (χ3v) is 3.78. The third kappa shape index (κ3) is 3.11. The molecule has 2 N–H and O–H groups in total. The van der Waals surface area contributed by atoms with Crippen LogP contribution in [0.1, 0.15) is 50.4 Å². The van der Waals surface area contributed by atoms with Crippen molar-refractivity contribution in [3.05, 3.63) is 23.7 Å². The molecule has 3 nitrogen and oxygen atoms in total. The van der Waals surface area contributed by atoms with Gasteiger partial charge in [0.2, 0.25) is 0 Å². The van der Waals surface area contributed by atoms with Crippen LogP contribution in [0.3, 0.4) is 0 Å². The summed E-state index contributed by atoms with van der Waals surface area (Å²) in [6, 6.07) is 2.73. The Hall–Kier alpha value is -0.800. The van der Waals surface area contributed by atoms with Crippen molar-refractivity contribution in [2.24, 2.45) is 5.73 Å². The summed E-state index contributed by atoms with van der Waals surface area (Å²) in [7, 11) is 0. The predicted molar refractivity (Wildman–Crippen MR) is 69.6 cm³/mol. The quantitative estimate of drug-likeness (QED) is 0.854. The molecule has 1 aromatic heterocycles. The van der Waals surface area contributed by atoms with Gasteiger partial charge in [0.15, 0.2) is 0 Å². The van der Waals surface area contributed by atoms with Crippen LogP contribution in [0.5, 0.6) is 0 Å². The second-order valence-corrected chi connectivity index (χ2v) is 4.98. The van der Waals surface area contributed by atoms with Crippen molar-refractivity contribution >= 4 is 0 Å². The highest BCUT2D eigenvalue weighted by Crippen LogP contribution is 2.24. The zero-order valence-corrected chi connectivity index (χ0v) is 10.8. The van der Waals surface area contributed by atoms with Gasteiger partial charge in [-0.3, -0.25) is 4.90 Å². The molecule has 0 radical (unpaired) electrons. The number of hydrogen-bond acceptors (Lipinski definition) is 3. The van der Waals surface area contributed by atoms with Crippen molar-refractivity contribution in [3.63, 3.8) is 0 Å². The normalized spacial score (nSPS) is 21.9. The Balaban J connectivity index is 2.00. The van der Waals surface area contributed by atoms with E-state index in [1.54, 1.807) is 6.26 Å². The number of rotatable bonds is 5. The summed E-state index contributed by atoms with van der Waals surface area (Å²) >= 11 is 0. The molecule has 0 aromatic carbocycles. The second kappa shape index (κ2) is 6.22. The molecule has 0 saturated carbocycles. The summed E-state index contributed by atoms with van der Waals surface area (Å²) in [4.78, 5) is 2.57. The van der Waals surface area contributed by atoms with Crippen molar-refractivity contribution in [1.29, 1.82) is 0 Å². The zero-order valence-electron chi connectivity index (χ0n) is 10.8. The monoisotopic (exact) mass is 236 g/mol. The van der Waals surface area contributed by atoms with Gasteiger partial charge in [-0.1, -0.05) is 19.8 Å². The van der Waals surface area contributed by atoms with E-state index >= 15 is 0 Å². The van der Waals surface area contributed by atoms with Crippen LogP contribution in [0.4, 0.5) is 0 Å². The summed E-state index contributed by atoms with van der Waals surface area (Å²) in [6.07, 6.45) is 8.37. The number of hydrogen-bond donors (Lipinski definition) is 1. The Morgan fingerprint density at radius 1 is 1.47 bits per heavy atom. The van der Waals surface area contributed by atoms with Crippen LogP contribution in [0.25, 0.3) is 0 Å². The van der Waals surface area contributed by atoms with E-state index in [-0.39, 0.29) is 0 Å². The molecule has 1 aromatic rings. The summed E-state index contributed by atoms with van der Waals surface area (Å²) < 4.78 is 5.56. The maximum absolute atomic E-state index is 5.72. The minimum absolute atomic E-state index is 0.581. The maximum atomic E-state index is 5.72. The lowest BCUT2D eigenvalue weighted by Crippen LogP contribution is -2.38. The van der Waals surface area contributed by atoms with Crippen LogP contribution in [-0.2, 0) is 13.1 Å². The van der Waals surface area contributed by atoms with E-state index in [2.05, 4.69) is 11.8 Å². The van der Waals surface area contributed by atoms with Gasteiger partial charge in [0.1, 0.15) is 5.76 Å². The van der Waals surface area contributed by atoms with E-state index in [1.165, 1.54) is 38.6 Å². The maximum Gasteiger partial charge on any atom is 0.122 e. The van der Waals surface area contributed by atoms with E-state index in [4.69, 9.17) is 10.2 Å². The van der Waals surface area contributed by atoms with Crippen LogP contribution in [0.2, 0.25) is 0 Å². The van der Waals surface area contributed by atoms with Crippen LogP contribution in [0.15, 0.2) is 16.7 Å².